The highest BCUT2D eigenvalue weighted by Gasteiger charge is 2.26. The minimum atomic E-state index is -4.37. The second-order valence-corrected chi connectivity index (χ2v) is 17.4. The van der Waals surface area contributed by atoms with Crippen LogP contribution >= 0.6 is 7.82 Å². The number of phosphoric acid groups is 1. The number of esters is 2. The number of hydrogen-bond acceptors (Lipinski definition) is 8. The summed E-state index contributed by atoms with van der Waals surface area (Å²) >= 11 is 0. The predicted molar refractivity (Wildman–Crippen MR) is 238 cm³/mol. The quantitative estimate of drug-likeness (QED) is 0.0278. The van der Waals surface area contributed by atoms with E-state index in [9.17, 15) is 19.0 Å². The van der Waals surface area contributed by atoms with E-state index in [2.05, 4.69) is 50.3 Å². The van der Waals surface area contributed by atoms with E-state index >= 15 is 0 Å². The SMILES string of the molecule is CCCCC/C=C\C/C=C\C/C=C\CCCCC(=O)OC(COC(=O)CCCCCCCCCCCCCCCCCCCCC)COP(=O)(O)OCCN(C)C. The topological polar surface area (TPSA) is 112 Å². The van der Waals surface area contributed by atoms with Gasteiger partial charge in [-0.1, -0.05) is 179 Å². The van der Waals surface area contributed by atoms with Crippen molar-refractivity contribution >= 4 is 19.8 Å². The second-order valence-electron chi connectivity index (χ2n) is 15.9. The number of carbonyl (C=O) groups excluding carboxylic acids is 2. The molecule has 1 N–H and O–H groups in total. The van der Waals surface area contributed by atoms with Gasteiger partial charge in [0, 0.05) is 19.4 Å². The van der Waals surface area contributed by atoms with Crippen LogP contribution in [0.15, 0.2) is 36.5 Å². The summed E-state index contributed by atoms with van der Waals surface area (Å²) < 4.78 is 33.5. The van der Waals surface area contributed by atoms with Crippen molar-refractivity contribution in [1.82, 2.24) is 4.90 Å². The second kappa shape index (κ2) is 42.4. The molecule has 2 atom stereocenters. The van der Waals surface area contributed by atoms with Crippen molar-refractivity contribution in [2.75, 3.05) is 40.5 Å². The van der Waals surface area contributed by atoms with Gasteiger partial charge in [-0.05, 0) is 65.5 Å². The van der Waals surface area contributed by atoms with E-state index in [-0.39, 0.29) is 32.0 Å². The van der Waals surface area contributed by atoms with Gasteiger partial charge in [0.2, 0.25) is 0 Å². The molecule has 0 saturated heterocycles. The lowest BCUT2D eigenvalue weighted by Gasteiger charge is -2.20. The highest BCUT2D eigenvalue weighted by molar-refractivity contribution is 7.47. The molecule has 0 aliphatic rings. The first-order valence-corrected chi connectivity index (χ1v) is 24.8. The molecular weight excluding hydrogens is 737 g/mol. The Bertz CT molecular complexity index is 1050. The van der Waals surface area contributed by atoms with E-state index in [1.807, 2.05) is 19.0 Å². The summed E-state index contributed by atoms with van der Waals surface area (Å²) in [5, 5.41) is 0. The third-order valence-corrected chi connectivity index (χ3v) is 10.9. The average molecular weight is 826 g/mol. The largest absolute Gasteiger partial charge is 0.472 e. The van der Waals surface area contributed by atoms with Gasteiger partial charge in [-0.25, -0.2) is 4.57 Å². The van der Waals surface area contributed by atoms with E-state index < -0.39 is 26.5 Å². The van der Waals surface area contributed by atoms with Crippen LogP contribution in [0.2, 0.25) is 0 Å². The molecule has 57 heavy (non-hydrogen) atoms. The van der Waals surface area contributed by atoms with Gasteiger partial charge in [-0.3, -0.25) is 18.6 Å². The van der Waals surface area contributed by atoms with Crippen molar-refractivity contribution in [2.45, 2.75) is 213 Å². The molecule has 0 saturated carbocycles. The Morgan fingerprint density at radius 3 is 1.44 bits per heavy atom. The minimum absolute atomic E-state index is 0.000922. The Hall–Kier alpha value is -1.77. The van der Waals surface area contributed by atoms with Crippen molar-refractivity contribution in [2.24, 2.45) is 0 Å². The molecular formula is C47H88NO8P. The van der Waals surface area contributed by atoms with Crippen LogP contribution in [0.25, 0.3) is 0 Å². The summed E-state index contributed by atoms with van der Waals surface area (Å²) in [5.41, 5.74) is 0. The molecule has 0 aromatic heterocycles. The molecule has 2 unspecified atom stereocenters. The summed E-state index contributed by atoms with van der Waals surface area (Å²) in [4.78, 5) is 37.1. The van der Waals surface area contributed by atoms with Gasteiger partial charge in [-0.15, -0.1) is 0 Å². The number of nitrogens with zero attached hydrogens (tertiary/aromatic N) is 1. The van der Waals surface area contributed by atoms with Crippen LogP contribution < -0.4 is 0 Å². The third-order valence-electron chi connectivity index (χ3n) is 9.95. The van der Waals surface area contributed by atoms with Crippen molar-refractivity contribution in [1.29, 1.82) is 0 Å². The number of ether oxygens (including phenoxy) is 2. The van der Waals surface area contributed by atoms with E-state index in [0.29, 0.717) is 13.0 Å². The van der Waals surface area contributed by atoms with Gasteiger partial charge in [0.1, 0.15) is 6.61 Å². The van der Waals surface area contributed by atoms with Crippen molar-refractivity contribution in [3.8, 4) is 0 Å². The van der Waals surface area contributed by atoms with Gasteiger partial charge in [0.15, 0.2) is 6.10 Å². The number of unbranched alkanes of at least 4 members (excludes halogenated alkanes) is 23. The lowest BCUT2D eigenvalue weighted by molar-refractivity contribution is -0.161. The Labute approximate surface area is 350 Å². The fourth-order valence-electron chi connectivity index (χ4n) is 6.34. The minimum Gasteiger partial charge on any atom is -0.462 e. The monoisotopic (exact) mass is 826 g/mol. The van der Waals surface area contributed by atoms with Gasteiger partial charge in [0.25, 0.3) is 0 Å². The van der Waals surface area contributed by atoms with Crippen LogP contribution in [0, 0.1) is 0 Å². The number of allylic oxidation sites excluding steroid dienone is 6. The smallest absolute Gasteiger partial charge is 0.462 e. The zero-order chi connectivity index (χ0) is 41.9. The Kier molecular flexibility index (Phi) is 41.0. The number of hydrogen-bond donors (Lipinski definition) is 1. The molecule has 9 nitrogen and oxygen atoms in total. The lowest BCUT2D eigenvalue weighted by Crippen LogP contribution is -2.29. The molecule has 0 rings (SSSR count). The lowest BCUT2D eigenvalue weighted by atomic mass is 10.0. The molecule has 0 fully saturated rings. The molecule has 0 radical (unpaired) electrons. The van der Waals surface area contributed by atoms with E-state index in [1.54, 1.807) is 0 Å². The summed E-state index contributed by atoms with van der Waals surface area (Å²) in [7, 11) is -0.728. The molecule has 0 aromatic rings. The molecule has 0 heterocycles. The molecule has 0 aromatic carbocycles. The molecule has 0 aliphatic carbocycles. The first-order chi connectivity index (χ1) is 27.7. The van der Waals surface area contributed by atoms with Crippen LogP contribution in [0.5, 0.6) is 0 Å². The Morgan fingerprint density at radius 1 is 0.544 bits per heavy atom. The van der Waals surface area contributed by atoms with E-state index in [0.717, 1.165) is 51.4 Å². The molecule has 334 valence electrons. The highest BCUT2D eigenvalue weighted by Crippen LogP contribution is 2.43. The van der Waals surface area contributed by atoms with Crippen LogP contribution in [0.4, 0.5) is 0 Å². The Balaban J connectivity index is 4.26. The maximum Gasteiger partial charge on any atom is 0.472 e. The third kappa shape index (κ3) is 43.6. The molecule has 0 bridgehead atoms. The highest BCUT2D eigenvalue weighted by atomic mass is 31.2. The fourth-order valence-corrected chi connectivity index (χ4v) is 7.08. The molecule has 0 amide bonds. The van der Waals surface area contributed by atoms with Crippen molar-refractivity contribution in [3.63, 3.8) is 0 Å². The zero-order valence-corrected chi connectivity index (χ0v) is 38.2. The predicted octanol–water partition coefficient (Wildman–Crippen LogP) is 13.5. The normalized spacial score (nSPS) is 13.6. The van der Waals surface area contributed by atoms with Crippen LogP contribution in [0.3, 0.4) is 0 Å². The van der Waals surface area contributed by atoms with Crippen LogP contribution in [0.1, 0.15) is 206 Å². The molecule has 0 aliphatic heterocycles. The van der Waals surface area contributed by atoms with E-state index in [4.69, 9.17) is 18.5 Å². The first-order valence-electron chi connectivity index (χ1n) is 23.3. The fraction of sp³-hybridized carbons (Fsp3) is 0.830. The van der Waals surface area contributed by atoms with Crippen LogP contribution in [-0.4, -0.2) is 68.3 Å². The van der Waals surface area contributed by atoms with Crippen LogP contribution in [-0.2, 0) is 32.7 Å². The number of rotatable bonds is 43. The van der Waals surface area contributed by atoms with E-state index in [1.165, 1.54) is 122 Å². The van der Waals surface area contributed by atoms with Gasteiger partial charge in [0.05, 0.1) is 13.2 Å². The number of phosphoric ester groups is 1. The zero-order valence-electron chi connectivity index (χ0n) is 37.3. The summed E-state index contributed by atoms with van der Waals surface area (Å²) in [6.45, 7) is 4.27. The maximum atomic E-state index is 12.6. The van der Waals surface area contributed by atoms with Gasteiger partial charge >= 0.3 is 19.8 Å². The van der Waals surface area contributed by atoms with Gasteiger partial charge < -0.3 is 19.3 Å². The molecule has 10 heteroatoms. The molecule has 0 spiro atoms. The Morgan fingerprint density at radius 2 is 0.947 bits per heavy atom. The summed E-state index contributed by atoms with van der Waals surface area (Å²) in [6, 6.07) is 0. The summed E-state index contributed by atoms with van der Waals surface area (Å²) in [6.07, 6.45) is 46.2. The maximum absolute atomic E-state index is 12.6. The summed E-state index contributed by atoms with van der Waals surface area (Å²) in [5.74, 6) is -0.840. The van der Waals surface area contributed by atoms with Crippen molar-refractivity contribution < 1.29 is 37.6 Å². The van der Waals surface area contributed by atoms with Crippen molar-refractivity contribution in [3.05, 3.63) is 36.5 Å². The standard InChI is InChI=1S/C47H88NO8P/c1-5-7-9-11-13-15-17-19-21-22-23-24-26-27-29-31-33-35-37-39-46(49)53-43-45(44-55-57(51,52)54-42-41-48(3)4)56-47(50)40-38-36-34-32-30-28-25-20-18-16-14-12-10-8-6-2/h14,16,20,25,30,32,45H,5-13,15,17-19,21-24,26-29,31,33-44H2,1-4H3,(H,51,52)/b16-14-,25-20-,32-30-. The number of likely N-dealkylation sites (N-methyl/N-ethyl adjacent to an activating group) is 1. The average Bonchev–Trinajstić information content (AvgIpc) is 3.18. The first kappa shape index (κ1) is 55.2. The van der Waals surface area contributed by atoms with Gasteiger partial charge in [-0.2, -0.15) is 0 Å². The number of carbonyl (C=O) groups is 2.